The fourth-order valence-electron chi connectivity index (χ4n) is 5.44. The van der Waals surface area contributed by atoms with Crippen LogP contribution in [0, 0.1) is 0 Å². The number of amides is 1. The summed E-state index contributed by atoms with van der Waals surface area (Å²) in [7, 11) is 1.93. The highest BCUT2D eigenvalue weighted by Gasteiger charge is 2.47. The number of Topliss-reactive ketones (excluding diaryl/α,β-unsaturated/α-hetero) is 1. The molecule has 1 amide bonds. The Balaban J connectivity index is 1.59. The molecule has 1 atom stereocenters. The topological polar surface area (TPSA) is 99.5 Å². The number of fused-ring (bicyclic) bond motifs is 2. The van der Waals surface area contributed by atoms with Crippen LogP contribution < -0.4 is 19.3 Å². The van der Waals surface area contributed by atoms with Crippen LogP contribution in [0.4, 0.5) is 11.4 Å². The lowest BCUT2D eigenvalue weighted by Crippen LogP contribution is -2.29. The smallest absolute Gasteiger partial charge is 0.300 e. The van der Waals surface area contributed by atoms with E-state index in [1.165, 1.54) is 11.0 Å². The van der Waals surface area contributed by atoms with Gasteiger partial charge in [-0.15, -0.1) is 0 Å². The molecule has 1 unspecified atom stereocenters. The lowest BCUT2D eigenvalue weighted by Gasteiger charge is -2.28. The van der Waals surface area contributed by atoms with Crippen LogP contribution >= 0.6 is 0 Å². The molecule has 2 aliphatic rings. The second-order valence-electron chi connectivity index (χ2n) is 9.78. The van der Waals surface area contributed by atoms with Crippen LogP contribution in [-0.4, -0.2) is 48.7 Å². The molecule has 0 bridgehead atoms. The van der Waals surface area contributed by atoms with Crippen molar-refractivity contribution >= 4 is 39.6 Å². The Bertz CT molecular complexity index is 1690. The SMILES string of the molecule is CCOc1cc(C2/C(=C(\O)c3ccc4c(c3)N(C)CCO4)C(=O)C(=O)N2c2cccc3ccccc23)ccc1O. The number of hydrogen-bond acceptors (Lipinski definition) is 7. The van der Waals surface area contributed by atoms with Crippen molar-refractivity contribution in [3.05, 3.63) is 95.6 Å². The van der Waals surface area contributed by atoms with Crippen molar-refractivity contribution in [2.24, 2.45) is 0 Å². The highest BCUT2D eigenvalue weighted by atomic mass is 16.5. The van der Waals surface area contributed by atoms with Crippen molar-refractivity contribution in [2.45, 2.75) is 13.0 Å². The van der Waals surface area contributed by atoms with Crippen LogP contribution in [0.5, 0.6) is 17.2 Å². The van der Waals surface area contributed by atoms with Gasteiger partial charge < -0.3 is 24.6 Å². The molecule has 0 aliphatic carbocycles. The van der Waals surface area contributed by atoms with Gasteiger partial charge in [0.05, 0.1) is 36.1 Å². The van der Waals surface area contributed by atoms with Gasteiger partial charge in [0.25, 0.3) is 11.7 Å². The van der Waals surface area contributed by atoms with Crippen LogP contribution in [0.25, 0.3) is 16.5 Å². The summed E-state index contributed by atoms with van der Waals surface area (Å²) in [5, 5.41) is 23.7. The highest BCUT2D eigenvalue weighted by molar-refractivity contribution is 6.52. The maximum Gasteiger partial charge on any atom is 0.300 e. The van der Waals surface area contributed by atoms with Crippen molar-refractivity contribution in [3.63, 3.8) is 0 Å². The first kappa shape index (κ1) is 25.3. The number of likely N-dealkylation sites (N-methyl/N-ethyl adjacent to an activating group) is 1. The van der Waals surface area contributed by atoms with Gasteiger partial charge in [-0.25, -0.2) is 0 Å². The largest absolute Gasteiger partial charge is 0.507 e. The van der Waals surface area contributed by atoms with Crippen LogP contribution in [0.15, 0.2) is 84.4 Å². The number of ketones is 1. The minimum Gasteiger partial charge on any atom is -0.507 e. The normalized spacial score (nSPS) is 18.1. The number of phenols is 1. The molecule has 0 aromatic heterocycles. The summed E-state index contributed by atoms with van der Waals surface area (Å²) in [6.45, 7) is 3.33. The molecule has 8 heteroatoms. The van der Waals surface area contributed by atoms with Gasteiger partial charge in [-0.05, 0) is 54.3 Å². The molecule has 0 spiro atoms. The minimum atomic E-state index is -0.976. The number of aliphatic hydroxyl groups excluding tert-OH is 1. The third-order valence-electron chi connectivity index (χ3n) is 7.40. The second kappa shape index (κ2) is 9.96. The van der Waals surface area contributed by atoms with Crippen LogP contribution in [-0.2, 0) is 9.59 Å². The van der Waals surface area contributed by atoms with E-state index in [9.17, 15) is 19.8 Å². The van der Waals surface area contributed by atoms with E-state index in [0.717, 1.165) is 16.5 Å². The number of ether oxygens (including phenoxy) is 2. The molecule has 2 N–H and O–H groups in total. The van der Waals surface area contributed by atoms with E-state index < -0.39 is 17.7 Å². The standard InChI is InChI=1S/C32H28N2O6/c1-3-39-27-18-20(11-13-25(27)35)29-28(30(36)21-12-14-26-24(17-21)33(2)15-16-40-26)31(37)32(38)34(29)23-10-6-8-19-7-4-5-9-22(19)23/h4-14,17-18,29,35-36H,3,15-16H2,1-2H3/b30-28+. The van der Waals surface area contributed by atoms with Crippen molar-refractivity contribution in [1.82, 2.24) is 0 Å². The molecule has 6 rings (SSSR count). The predicted octanol–water partition coefficient (Wildman–Crippen LogP) is 5.40. The predicted molar refractivity (Wildman–Crippen MR) is 153 cm³/mol. The fraction of sp³-hybridized carbons (Fsp3) is 0.188. The number of phenolic OH excluding ortho intramolecular Hbond substituents is 1. The quantitative estimate of drug-likeness (QED) is 0.200. The molecule has 4 aromatic rings. The number of carbonyl (C=O) groups excluding carboxylic acids is 2. The summed E-state index contributed by atoms with van der Waals surface area (Å²) in [4.78, 5) is 30.9. The van der Waals surface area contributed by atoms with Gasteiger partial charge in [0.2, 0.25) is 0 Å². The maximum absolute atomic E-state index is 13.8. The molecule has 1 saturated heterocycles. The van der Waals surface area contributed by atoms with E-state index in [4.69, 9.17) is 9.47 Å². The molecule has 2 aliphatic heterocycles. The number of nitrogens with zero attached hydrogens (tertiary/aromatic N) is 2. The third kappa shape index (κ3) is 4.09. The van der Waals surface area contributed by atoms with Crippen LogP contribution in [0.3, 0.4) is 0 Å². The summed E-state index contributed by atoms with van der Waals surface area (Å²) in [5.41, 5.74) is 2.16. The lowest BCUT2D eigenvalue weighted by molar-refractivity contribution is -0.132. The van der Waals surface area contributed by atoms with Crippen LogP contribution in [0.2, 0.25) is 0 Å². The summed E-state index contributed by atoms with van der Waals surface area (Å²) < 4.78 is 11.4. The van der Waals surface area contributed by atoms with E-state index in [1.54, 1.807) is 43.3 Å². The molecule has 40 heavy (non-hydrogen) atoms. The molecule has 0 radical (unpaired) electrons. The average molecular weight is 537 g/mol. The third-order valence-corrected chi connectivity index (χ3v) is 7.40. The highest BCUT2D eigenvalue weighted by Crippen LogP contribution is 2.46. The molecular formula is C32H28N2O6. The fourth-order valence-corrected chi connectivity index (χ4v) is 5.44. The number of aromatic hydroxyl groups is 1. The van der Waals surface area contributed by atoms with E-state index in [1.807, 2.05) is 48.3 Å². The zero-order valence-corrected chi connectivity index (χ0v) is 22.1. The summed E-state index contributed by atoms with van der Waals surface area (Å²) in [5.74, 6) is -1.02. The van der Waals surface area contributed by atoms with Crippen molar-refractivity contribution in [2.75, 3.05) is 36.6 Å². The summed E-state index contributed by atoms with van der Waals surface area (Å²) in [6, 6.07) is 22.1. The van der Waals surface area contributed by atoms with Gasteiger partial charge in [0, 0.05) is 18.0 Å². The van der Waals surface area contributed by atoms with Gasteiger partial charge in [0.1, 0.15) is 18.1 Å². The van der Waals surface area contributed by atoms with E-state index in [0.29, 0.717) is 42.3 Å². The summed E-state index contributed by atoms with van der Waals surface area (Å²) in [6.07, 6.45) is 0. The first-order valence-corrected chi connectivity index (χ1v) is 13.1. The Hall–Kier alpha value is -4.98. The minimum absolute atomic E-state index is 0.0506. The molecular weight excluding hydrogens is 508 g/mol. The van der Waals surface area contributed by atoms with Crippen molar-refractivity contribution in [1.29, 1.82) is 0 Å². The molecule has 202 valence electrons. The zero-order valence-electron chi connectivity index (χ0n) is 22.1. The van der Waals surface area contributed by atoms with Gasteiger partial charge in [0.15, 0.2) is 11.5 Å². The number of aliphatic hydroxyl groups is 1. The Labute approximate surface area is 231 Å². The lowest BCUT2D eigenvalue weighted by atomic mass is 9.94. The molecule has 4 aromatic carbocycles. The summed E-state index contributed by atoms with van der Waals surface area (Å²) >= 11 is 0. The van der Waals surface area contributed by atoms with Crippen molar-refractivity contribution in [3.8, 4) is 17.2 Å². The van der Waals surface area contributed by atoms with Crippen LogP contribution in [0.1, 0.15) is 24.1 Å². The van der Waals surface area contributed by atoms with Gasteiger partial charge in [-0.2, -0.15) is 0 Å². The van der Waals surface area contributed by atoms with Crippen molar-refractivity contribution < 1.29 is 29.3 Å². The average Bonchev–Trinajstić information content (AvgIpc) is 3.23. The first-order chi connectivity index (χ1) is 19.4. The number of rotatable bonds is 5. The molecule has 1 fully saturated rings. The second-order valence-corrected chi connectivity index (χ2v) is 9.78. The molecule has 8 nitrogen and oxygen atoms in total. The number of anilines is 2. The Morgan fingerprint density at radius 3 is 2.62 bits per heavy atom. The van der Waals surface area contributed by atoms with Gasteiger partial charge in [-0.3, -0.25) is 14.5 Å². The number of benzene rings is 4. The Kier molecular flexibility index (Phi) is 6.30. The number of carbonyl (C=O) groups is 2. The Morgan fingerprint density at radius 1 is 1.00 bits per heavy atom. The van der Waals surface area contributed by atoms with E-state index >= 15 is 0 Å². The first-order valence-electron chi connectivity index (χ1n) is 13.1. The van der Waals surface area contributed by atoms with Gasteiger partial charge >= 0.3 is 0 Å². The molecule has 0 saturated carbocycles. The van der Waals surface area contributed by atoms with E-state index in [2.05, 4.69) is 0 Å². The maximum atomic E-state index is 13.8. The Morgan fingerprint density at radius 2 is 1.80 bits per heavy atom. The van der Waals surface area contributed by atoms with Gasteiger partial charge in [-0.1, -0.05) is 42.5 Å². The van der Waals surface area contributed by atoms with E-state index in [-0.39, 0.29) is 22.8 Å². The molecule has 2 heterocycles. The number of hydrogen-bond donors (Lipinski definition) is 2. The zero-order chi connectivity index (χ0) is 28.0. The monoisotopic (exact) mass is 536 g/mol.